The number of hydrogen-bond donors (Lipinski definition) is 1. The maximum absolute atomic E-state index is 12.1. The van der Waals surface area contributed by atoms with Gasteiger partial charge in [0.15, 0.2) is 0 Å². The fourth-order valence-electron chi connectivity index (χ4n) is 3.12. The largest absolute Gasteiger partial charge is 0.351 e. The molecule has 1 fully saturated rings. The van der Waals surface area contributed by atoms with Crippen LogP contribution in [0.4, 0.5) is 0 Å². The van der Waals surface area contributed by atoms with Crippen molar-refractivity contribution in [1.82, 2.24) is 24.7 Å². The molecular weight excluding hydrogens is 314 g/mol. The highest BCUT2D eigenvalue weighted by Gasteiger charge is 2.18. The highest BCUT2D eigenvalue weighted by molar-refractivity contribution is 5.78. The van der Waals surface area contributed by atoms with Crippen LogP contribution in [0.15, 0.2) is 42.7 Å². The second kappa shape index (κ2) is 8.78. The number of nitrogens with zero attached hydrogens (tertiary/aromatic N) is 4. The minimum atomic E-state index is 0.103. The summed E-state index contributed by atoms with van der Waals surface area (Å²) in [4.78, 5) is 21.1. The molecular formula is C19H27N5O. The lowest BCUT2D eigenvalue weighted by Gasteiger charge is -2.34. The van der Waals surface area contributed by atoms with E-state index in [0.717, 1.165) is 50.7 Å². The number of aromatic nitrogens is 2. The minimum Gasteiger partial charge on any atom is -0.351 e. The number of amides is 1. The number of imidazole rings is 1. The molecule has 134 valence electrons. The molecule has 0 atom stereocenters. The molecule has 6 nitrogen and oxygen atoms in total. The van der Waals surface area contributed by atoms with Crippen molar-refractivity contribution in [3.63, 3.8) is 0 Å². The first kappa shape index (κ1) is 17.6. The summed E-state index contributed by atoms with van der Waals surface area (Å²) in [5.41, 5.74) is 1.13. The van der Waals surface area contributed by atoms with Gasteiger partial charge in [-0.05, 0) is 12.5 Å². The van der Waals surface area contributed by atoms with Gasteiger partial charge in [-0.3, -0.25) is 14.6 Å². The molecule has 0 unspecified atom stereocenters. The van der Waals surface area contributed by atoms with Crippen LogP contribution in [-0.2, 0) is 17.9 Å². The predicted octanol–water partition coefficient (Wildman–Crippen LogP) is 1.13. The summed E-state index contributed by atoms with van der Waals surface area (Å²) >= 11 is 0. The minimum absolute atomic E-state index is 0.103. The molecule has 1 N–H and O–H groups in total. The van der Waals surface area contributed by atoms with Gasteiger partial charge in [-0.2, -0.15) is 0 Å². The van der Waals surface area contributed by atoms with Crippen LogP contribution in [0.3, 0.4) is 0 Å². The Labute approximate surface area is 149 Å². The Morgan fingerprint density at radius 3 is 2.48 bits per heavy atom. The first-order chi connectivity index (χ1) is 12.2. The second-order valence-corrected chi connectivity index (χ2v) is 6.55. The predicted molar refractivity (Wildman–Crippen MR) is 98.1 cm³/mol. The number of hydrogen-bond acceptors (Lipinski definition) is 4. The molecule has 25 heavy (non-hydrogen) atoms. The zero-order valence-corrected chi connectivity index (χ0v) is 14.9. The Hall–Kier alpha value is -2.18. The van der Waals surface area contributed by atoms with Crippen LogP contribution in [0.1, 0.15) is 11.4 Å². The highest BCUT2D eigenvalue weighted by Crippen LogP contribution is 2.04. The van der Waals surface area contributed by atoms with Gasteiger partial charge in [0.2, 0.25) is 5.91 Å². The van der Waals surface area contributed by atoms with Crippen LogP contribution in [0.2, 0.25) is 0 Å². The molecule has 3 rings (SSSR count). The molecule has 1 saturated heterocycles. The number of carbonyl (C=O) groups excluding carboxylic acids is 1. The fourth-order valence-corrected chi connectivity index (χ4v) is 3.12. The zero-order chi connectivity index (χ0) is 17.5. The number of piperazine rings is 1. The van der Waals surface area contributed by atoms with Crippen molar-refractivity contribution >= 4 is 5.91 Å². The SMILES string of the molecule is Cc1nccn1CCN1CCN(CC(=O)NCc2ccccc2)CC1. The summed E-state index contributed by atoms with van der Waals surface area (Å²) in [5, 5.41) is 3.00. The van der Waals surface area contributed by atoms with Gasteiger partial charge in [-0.25, -0.2) is 4.98 Å². The molecule has 1 aromatic heterocycles. The van der Waals surface area contributed by atoms with E-state index in [1.54, 1.807) is 0 Å². The molecule has 1 aromatic carbocycles. The lowest BCUT2D eigenvalue weighted by Crippen LogP contribution is -2.49. The van der Waals surface area contributed by atoms with E-state index in [1.807, 2.05) is 49.6 Å². The van der Waals surface area contributed by atoms with Crippen molar-refractivity contribution in [2.24, 2.45) is 0 Å². The third-order valence-electron chi connectivity index (χ3n) is 4.75. The standard InChI is InChI=1S/C19H27N5O/c1-17-20-7-8-24(17)14-13-22-9-11-23(12-10-22)16-19(25)21-15-18-5-3-2-4-6-18/h2-8H,9-16H2,1H3,(H,21,25). The van der Waals surface area contributed by atoms with Crippen molar-refractivity contribution in [2.45, 2.75) is 20.0 Å². The summed E-state index contributed by atoms with van der Waals surface area (Å²) < 4.78 is 2.18. The lowest BCUT2D eigenvalue weighted by atomic mass is 10.2. The van der Waals surface area contributed by atoms with Crippen molar-refractivity contribution in [2.75, 3.05) is 39.3 Å². The zero-order valence-electron chi connectivity index (χ0n) is 14.9. The normalized spacial score (nSPS) is 16.0. The average Bonchev–Trinajstić information content (AvgIpc) is 3.05. The van der Waals surface area contributed by atoms with E-state index in [1.165, 1.54) is 0 Å². The van der Waals surface area contributed by atoms with E-state index in [-0.39, 0.29) is 5.91 Å². The quantitative estimate of drug-likeness (QED) is 0.820. The molecule has 0 spiro atoms. The van der Waals surface area contributed by atoms with Crippen molar-refractivity contribution < 1.29 is 4.79 Å². The van der Waals surface area contributed by atoms with Gasteiger partial charge in [0.05, 0.1) is 6.54 Å². The molecule has 2 heterocycles. The van der Waals surface area contributed by atoms with Crippen LogP contribution >= 0.6 is 0 Å². The van der Waals surface area contributed by atoms with E-state index in [4.69, 9.17) is 0 Å². The molecule has 1 aliphatic heterocycles. The number of nitrogens with one attached hydrogen (secondary N) is 1. The summed E-state index contributed by atoms with van der Waals surface area (Å²) in [6, 6.07) is 10.0. The number of aryl methyl sites for hydroxylation is 1. The third kappa shape index (κ3) is 5.41. The fraction of sp³-hybridized carbons (Fsp3) is 0.474. The Balaban J connectivity index is 1.33. The van der Waals surface area contributed by atoms with Crippen molar-refractivity contribution in [3.8, 4) is 0 Å². The average molecular weight is 341 g/mol. The summed E-state index contributed by atoms with van der Waals surface area (Å²) in [7, 11) is 0. The van der Waals surface area contributed by atoms with Crippen molar-refractivity contribution in [1.29, 1.82) is 0 Å². The van der Waals surface area contributed by atoms with Gasteiger partial charge in [-0.15, -0.1) is 0 Å². The van der Waals surface area contributed by atoms with E-state index in [2.05, 4.69) is 24.7 Å². The Kier molecular flexibility index (Phi) is 6.19. The molecule has 2 aromatic rings. The number of carbonyl (C=O) groups is 1. The maximum atomic E-state index is 12.1. The molecule has 1 amide bonds. The van der Waals surface area contributed by atoms with E-state index >= 15 is 0 Å². The van der Waals surface area contributed by atoms with Crippen LogP contribution < -0.4 is 5.32 Å². The van der Waals surface area contributed by atoms with Crippen molar-refractivity contribution in [3.05, 3.63) is 54.1 Å². The molecule has 1 aliphatic rings. The first-order valence-corrected chi connectivity index (χ1v) is 8.94. The molecule has 0 aliphatic carbocycles. The lowest BCUT2D eigenvalue weighted by molar-refractivity contribution is -0.122. The van der Waals surface area contributed by atoms with Gasteiger partial charge in [-0.1, -0.05) is 30.3 Å². The summed E-state index contributed by atoms with van der Waals surface area (Å²) in [6.07, 6.45) is 3.88. The first-order valence-electron chi connectivity index (χ1n) is 8.94. The topological polar surface area (TPSA) is 53.4 Å². The molecule has 0 bridgehead atoms. The van der Waals surface area contributed by atoms with Crippen LogP contribution in [0.5, 0.6) is 0 Å². The Morgan fingerprint density at radius 2 is 1.80 bits per heavy atom. The van der Waals surface area contributed by atoms with Gasteiger partial charge >= 0.3 is 0 Å². The molecule has 6 heteroatoms. The van der Waals surface area contributed by atoms with Crippen LogP contribution in [0.25, 0.3) is 0 Å². The number of rotatable bonds is 7. The van der Waals surface area contributed by atoms with Gasteiger partial charge in [0, 0.05) is 58.2 Å². The van der Waals surface area contributed by atoms with E-state index in [9.17, 15) is 4.79 Å². The smallest absolute Gasteiger partial charge is 0.234 e. The van der Waals surface area contributed by atoms with E-state index < -0.39 is 0 Å². The monoisotopic (exact) mass is 341 g/mol. The third-order valence-corrected chi connectivity index (χ3v) is 4.75. The molecule has 0 saturated carbocycles. The van der Waals surface area contributed by atoms with Crippen LogP contribution in [0, 0.1) is 6.92 Å². The van der Waals surface area contributed by atoms with Gasteiger partial charge in [0.25, 0.3) is 0 Å². The second-order valence-electron chi connectivity index (χ2n) is 6.55. The molecule has 0 radical (unpaired) electrons. The highest BCUT2D eigenvalue weighted by atomic mass is 16.2. The van der Waals surface area contributed by atoms with Gasteiger partial charge in [0.1, 0.15) is 5.82 Å². The summed E-state index contributed by atoms with van der Waals surface area (Å²) in [5.74, 6) is 1.17. The maximum Gasteiger partial charge on any atom is 0.234 e. The van der Waals surface area contributed by atoms with Gasteiger partial charge < -0.3 is 9.88 Å². The Bertz CT molecular complexity index is 661. The Morgan fingerprint density at radius 1 is 1.08 bits per heavy atom. The van der Waals surface area contributed by atoms with E-state index in [0.29, 0.717) is 13.1 Å². The van der Waals surface area contributed by atoms with Crippen LogP contribution in [-0.4, -0.2) is 64.5 Å². The summed E-state index contributed by atoms with van der Waals surface area (Å²) in [6.45, 7) is 9.05. The number of benzene rings is 1.